The topological polar surface area (TPSA) is 46.2 Å². The first-order chi connectivity index (χ1) is 9.11. The van der Waals surface area contributed by atoms with Crippen LogP contribution in [-0.2, 0) is 9.84 Å². The van der Waals surface area contributed by atoms with Gasteiger partial charge in [-0.25, -0.2) is 8.42 Å². The summed E-state index contributed by atoms with van der Waals surface area (Å²) < 4.78 is 23.1. The Morgan fingerprint density at radius 3 is 2.63 bits per heavy atom. The Labute approximate surface area is 116 Å². The third-order valence-electron chi connectivity index (χ3n) is 3.74. The van der Waals surface area contributed by atoms with E-state index in [4.69, 9.17) is 0 Å². The summed E-state index contributed by atoms with van der Waals surface area (Å²) in [4.78, 5) is 0. The lowest BCUT2D eigenvalue weighted by Gasteiger charge is -2.21. The molecular weight excluding hydrogens is 258 g/mol. The van der Waals surface area contributed by atoms with Gasteiger partial charge in [0.2, 0.25) is 0 Å². The summed E-state index contributed by atoms with van der Waals surface area (Å²) in [5.41, 5.74) is 1.26. The lowest BCUT2D eigenvalue weighted by molar-refractivity contribution is 0.415. The van der Waals surface area contributed by atoms with Crippen molar-refractivity contribution in [2.24, 2.45) is 5.92 Å². The van der Waals surface area contributed by atoms with Gasteiger partial charge in [-0.1, -0.05) is 37.3 Å². The van der Waals surface area contributed by atoms with Gasteiger partial charge in [0.1, 0.15) is 0 Å². The normalized spacial score (nSPS) is 23.3. The van der Waals surface area contributed by atoms with Gasteiger partial charge < -0.3 is 5.32 Å². The number of nitrogens with one attached hydrogen (secondary N) is 1. The molecule has 0 spiro atoms. The maximum Gasteiger partial charge on any atom is 0.150 e. The van der Waals surface area contributed by atoms with Gasteiger partial charge in [-0.3, -0.25) is 0 Å². The summed E-state index contributed by atoms with van der Waals surface area (Å²) in [6.07, 6.45) is 2.83. The highest BCUT2D eigenvalue weighted by atomic mass is 32.2. The predicted molar refractivity (Wildman–Crippen MR) is 78.9 cm³/mol. The average Bonchev–Trinajstić information content (AvgIpc) is 2.75. The van der Waals surface area contributed by atoms with Crippen LogP contribution in [0, 0.1) is 5.92 Å². The molecule has 2 rings (SSSR count). The fourth-order valence-corrected chi connectivity index (χ4v) is 4.61. The molecule has 19 heavy (non-hydrogen) atoms. The number of rotatable bonds is 6. The molecule has 0 aliphatic carbocycles. The van der Waals surface area contributed by atoms with E-state index in [2.05, 4.69) is 24.4 Å². The minimum absolute atomic E-state index is 0.277. The van der Waals surface area contributed by atoms with Crippen LogP contribution >= 0.6 is 0 Å². The van der Waals surface area contributed by atoms with Crippen LogP contribution in [0.1, 0.15) is 37.8 Å². The quantitative estimate of drug-likeness (QED) is 0.871. The second-order valence-corrected chi connectivity index (χ2v) is 7.65. The zero-order chi connectivity index (χ0) is 13.7. The molecule has 0 amide bonds. The molecule has 1 saturated heterocycles. The molecule has 0 bridgehead atoms. The van der Waals surface area contributed by atoms with Crippen LogP contribution in [0.25, 0.3) is 0 Å². The summed E-state index contributed by atoms with van der Waals surface area (Å²) in [5.74, 6) is 1.04. The number of hydrogen-bond donors (Lipinski definition) is 1. The number of hydrogen-bond acceptors (Lipinski definition) is 3. The van der Waals surface area contributed by atoms with Crippen molar-refractivity contribution in [1.82, 2.24) is 5.32 Å². The first-order valence-corrected chi connectivity index (χ1v) is 8.91. The van der Waals surface area contributed by atoms with E-state index >= 15 is 0 Å². The summed E-state index contributed by atoms with van der Waals surface area (Å²) in [6.45, 7) is 3.12. The van der Waals surface area contributed by atoms with E-state index < -0.39 is 9.84 Å². The maximum absolute atomic E-state index is 11.6. The fourth-order valence-electron chi connectivity index (χ4n) is 2.73. The van der Waals surface area contributed by atoms with Gasteiger partial charge in [-0.05, 0) is 37.3 Å². The van der Waals surface area contributed by atoms with Crippen molar-refractivity contribution >= 4 is 9.84 Å². The molecule has 106 valence electrons. The van der Waals surface area contributed by atoms with Crippen molar-refractivity contribution in [3.63, 3.8) is 0 Å². The summed E-state index contributed by atoms with van der Waals surface area (Å²) >= 11 is 0. The number of sulfone groups is 1. The van der Waals surface area contributed by atoms with E-state index in [-0.39, 0.29) is 6.04 Å². The summed E-state index contributed by atoms with van der Waals surface area (Å²) in [5, 5.41) is 3.55. The first-order valence-electron chi connectivity index (χ1n) is 7.09. The van der Waals surface area contributed by atoms with Crippen molar-refractivity contribution in [1.29, 1.82) is 0 Å². The van der Waals surface area contributed by atoms with E-state index in [1.165, 1.54) is 5.56 Å². The van der Waals surface area contributed by atoms with Crippen LogP contribution in [0.15, 0.2) is 30.3 Å². The summed E-state index contributed by atoms with van der Waals surface area (Å²) in [7, 11) is -2.77. The van der Waals surface area contributed by atoms with Gasteiger partial charge in [0.05, 0.1) is 11.5 Å². The molecule has 1 fully saturated rings. The van der Waals surface area contributed by atoms with Gasteiger partial charge in [-0.15, -0.1) is 0 Å². The lowest BCUT2D eigenvalue weighted by atomic mass is 9.94. The molecule has 4 heteroatoms. The zero-order valence-corrected chi connectivity index (χ0v) is 12.3. The molecular formula is C15H23NO2S. The Balaban J connectivity index is 2.02. The Morgan fingerprint density at radius 1 is 1.32 bits per heavy atom. The average molecular weight is 281 g/mol. The standard InChI is InChI=1S/C15H23NO2S/c1-2-9-16-15(14-6-4-3-5-7-14)11-13-8-10-19(17,18)12-13/h3-7,13,15-16H,2,8-12H2,1H3. The molecule has 2 unspecified atom stereocenters. The van der Waals surface area contributed by atoms with E-state index in [9.17, 15) is 8.42 Å². The molecule has 1 heterocycles. The van der Waals surface area contributed by atoms with Crippen molar-refractivity contribution in [2.75, 3.05) is 18.1 Å². The Kier molecular flexibility index (Phi) is 4.99. The molecule has 1 aliphatic heterocycles. The Bertz CT molecular complexity index is 484. The van der Waals surface area contributed by atoms with Gasteiger partial charge in [-0.2, -0.15) is 0 Å². The van der Waals surface area contributed by atoms with Crippen LogP contribution in [0.2, 0.25) is 0 Å². The molecule has 1 aliphatic rings. The van der Waals surface area contributed by atoms with Crippen LogP contribution in [0.5, 0.6) is 0 Å². The van der Waals surface area contributed by atoms with Gasteiger partial charge in [0.25, 0.3) is 0 Å². The highest BCUT2D eigenvalue weighted by Crippen LogP contribution is 2.28. The second-order valence-electron chi connectivity index (χ2n) is 5.42. The van der Waals surface area contributed by atoms with Crippen LogP contribution in [0.3, 0.4) is 0 Å². The first kappa shape index (κ1) is 14.5. The molecule has 2 atom stereocenters. The van der Waals surface area contributed by atoms with Crippen molar-refractivity contribution in [3.05, 3.63) is 35.9 Å². The van der Waals surface area contributed by atoms with E-state index in [0.29, 0.717) is 17.4 Å². The molecule has 1 aromatic rings. The van der Waals surface area contributed by atoms with E-state index in [0.717, 1.165) is 25.8 Å². The van der Waals surface area contributed by atoms with Crippen molar-refractivity contribution in [2.45, 2.75) is 32.2 Å². The largest absolute Gasteiger partial charge is 0.310 e. The van der Waals surface area contributed by atoms with Crippen LogP contribution < -0.4 is 5.32 Å². The monoisotopic (exact) mass is 281 g/mol. The van der Waals surface area contributed by atoms with Crippen molar-refractivity contribution in [3.8, 4) is 0 Å². The Hall–Kier alpha value is -0.870. The van der Waals surface area contributed by atoms with Gasteiger partial charge in [0.15, 0.2) is 9.84 Å². The SMILES string of the molecule is CCCNC(CC1CCS(=O)(=O)C1)c1ccccc1. The van der Waals surface area contributed by atoms with Crippen molar-refractivity contribution < 1.29 is 8.42 Å². The third kappa shape index (κ3) is 4.32. The molecule has 0 radical (unpaired) electrons. The van der Waals surface area contributed by atoms with Crippen LogP contribution in [0.4, 0.5) is 0 Å². The van der Waals surface area contributed by atoms with E-state index in [1.54, 1.807) is 0 Å². The zero-order valence-electron chi connectivity index (χ0n) is 11.5. The minimum Gasteiger partial charge on any atom is -0.310 e. The highest BCUT2D eigenvalue weighted by Gasteiger charge is 2.29. The second kappa shape index (κ2) is 6.53. The van der Waals surface area contributed by atoms with E-state index in [1.807, 2.05) is 18.2 Å². The fraction of sp³-hybridized carbons (Fsp3) is 0.600. The van der Waals surface area contributed by atoms with Gasteiger partial charge in [0, 0.05) is 6.04 Å². The number of benzene rings is 1. The smallest absolute Gasteiger partial charge is 0.150 e. The molecule has 0 saturated carbocycles. The molecule has 3 nitrogen and oxygen atoms in total. The highest BCUT2D eigenvalue weighted by molar-refractivity contribution is 7.91. The molecule has 1 aromatic carbocycles. The predicted octanol–water partition coefficient (Wildman–Crippen LogP) is 2.55. The molecule has 1 N–H and O–H groups in total. The lowest BCUT2D eigenvalue weighted by Crippen LogP contribution is -2.25. The minimum atomic E-state index is -2.77. The summed E-state index contributed by atoms with van der Waals surface area (Å²) in [6, 6.07) is 10.6. The maximum atomic E-state index is 11.6. The van der Waals surface area contributed by atoms with Crippen LogP contribution in [-0.4, -0.2) is 26.5 Å². The molecule has 0 aromatic heterocycles. The third-order valence-corrected chi connectivity index (χ3v) is 5.58. The van der Waals surface area contributed by atoms with Gasteiger partial charge >= 0.3 is 0 Å². The Morgan fingerprint density at radius 2 is 2.05 bits per heavy atom.